The van der Waals surface area contributed by atoms with Crippen LogP contribution in [-0.2, 0) is 6.42 Å². The molecule has 169 valence electrons. The van der Waals surface area contributed by atoms with E-state index in [1.54, 1.807) is 28.8 Å². The molecule has 0 aliphatic heterocycles. The summed E-state index contributed by atoms with van der Waals surface area (Å²) in [7, 11) is 0. The summed E-state index contributed by atoms with van der Waals surface area (Å²) >= 11 is 0. The van der Waals surface area contributed by atoms with Gasteiger partial charge < -0.3 is 21.1 Å². The van der Waals surface area contributed by atoms with Crippen LogP contribution in [0, 0.1) is 6.92 Å². The Bertz CT molecular complexity index is 1300. The van der Waals surface area contributed by atoms with E-state index < -0.39 is 18.1 Å². The predicted molar refractivity (Wildman–Crippen MR) is 118 cm³/mol. The Morgan fingerprint density at radius 2 is 1.85 bits per heavy atom. The second-order valence-electron chi connectivity index (χ2n) is 6.92. The van der Waals surface area contributed by atoms with Crippen molar-refractivity contribution in [2.45, 2.75) is 12.8 Å². The number of hydrogen-bond donors (Lipinski definition) is 3. The van der Waals surface area contributed by atoms with Gasteiger partial charge in [-0.1, -0.05) is 24.3 Å². The van der Waals surface area contributed by atoms with Crippen LogP contribution in [0.3, 0.4) is 0 Å². The molecular weight excluding hydrogens is 437 g/mol. The number of rotatable bonds is 5. The summed E-state index contributed by atoms with van der Waals surface area (Å²) in [6.07, 6.45) is -1.19. The number of carbonyl (C=O) groups excluding carboxylic acids is 1. The number of halogens is 3. The first-order chi connectivity index (χ1) is 15.7. The lowest BCUT2D eigenvalue weighted by atomic mass is 10.0. The van der Waals surface area contributed by atoms with Crippen LogP contribution < -0.4 is 21.1 Å². The van der Waals surface area contributed by atoms with Gasteiger partial charge in [0.05, 0.1) is 5.69 Å². The molecule has 2 amide bonds. The molecule has 0 spiro atoms. The average Bonchev–Trinajstić information content (AvgIpc) is 3.15. The maximum atomic E-state index is 12.6. The van der Waals surface area contributed by atoms with Crippen molar-refractivity contribution >= 4 is 28.7 Å². The van der Waals surface area contributed by atoms with Gasteiger partial charge in [-0.3, -0.25) is 0 Å². The molecule has 0 fully saturated rings. The first-order valence-corrected chi connectivity index (χ1v) is 9.68. The van der Waals surface area contributed by atoms with Crippen LogP contribution in [0.5, 0.6) is 5.75 Å². The van der Waals surface area contributed by atoms with Gasteiger partial charge >= 0.3 is 12.4 Å². The number of para-hydroxylation sites is 2. The van der Waals surface area contributed by atoms with E-state index in [9.17, 15) is 18.0 Å². The van der Waals surface area contributed by atoms with Gasteiger partial charge in [0.15, 0.2) is 11.6 Å². The van der Waals surface area contributed by atoms with Gasteiger partial charge in [-0.25, -0.2) is 14.3 Å². The number of anilines is 3. The summed E-state index contributed by atoms with van der Waals surface area (Å²) in [4.78, 5) is 16.4. The van der Waals surface area contributed by atoms with Gasteiger partial charge in [0.2, 0.25) is 0 Å². The van der Waals surface area contributed by atoms with Crippen LogP contribution in [0.1, 0.15) is 5.56 Å². The quantitative estimate of drug-likeness (QED) is 0.397. The Morgan fingerprint density at radius 1 is 1.12 bits per heavy atom. The van der Waals surface area contributed by atoms with Gasteiger partial charge in [0.1, 0.15) is 11.8 Å². The zero-order valence-electron chi connectivity index (χ0n) is 17.1. The van der Waals surface area contributed by atoms with Gasteiger partial charge in [0, 0.05) is 17.4 Å². The van der Waals surface area contributed by atoms with Crippen molar-refractivity contribution in [2.75, 3.05) is 16.4 Å². The van der Waals surface area contributed by atoms with Crippen LogP contribution in [0.15, 0.2) is 61.1 Å². The van der Waals surface area contributed by atoms with Crippen molar-refractivity contribution in [2.24, 2.45) is 0 Å². The van der Waals surface area contributed by atoms with E-state index in [-0.39, 0.29) is 5.69 Å². The number of aromatic nitrogens is 3. The molecular formula is C22H18F3N6O2. The maximum absolute atomic E-state index is 12.6. The van der Waals surface area contributed by atoms with Crippen molar-refractivity contribution in [3.8, 4) is 16.9 Å². The summed E-state index contributed by atoms with van der Waals surface area (Å²) in [5.41, 5.74) is 9.55. The van der Waals surface area contributed by atoms with Crippen molar-refractivity contribution in [3.05, 3.63) is 73.5 Å². The van der Waals surface area contributed by atoms with Crippen LogP contribution in [0.4, 0.5) is 35.2 Å². The minimum atomic E-state index is -4.88. The number of nitrogens with zero attached hydrogens (tertiary/aromatic N) is 3. The highest BCUT2D eigenvalue weighted by molar-refractivity contribution is 6.01. The molecule has 8 nitrogen and oxygen atoms in total. The highest BCUT2D eigenvalue weighted by Crippen LogP contribution is 2.33. The zero-order chi connectivity index (χ0) is 23.6. The molecule has 2 aromatic heterocycles. The summed E-state index contributed by atoms with van der Waals surface area (Å²) in [5, 5.41) is 9.11. The Labute approximate surface area is 186 Å². The highest BCUT2D eigenvalue weighted by Gasteiger charge is 2.32. The number of nitrogens with two attached hydrogens (primary N) is 1. The lowest BCUT2D eigenvalue weighted by molar-refractivity contribution is -0.274. The first-order valence-electron chi connectivity index (χ1n) is 9.68. The Hall–Kier alpha value is -4.28. The van der Waals surface area contributed by atoms with Crippen molar-refractivity contribution in [1.82, 2.24) is 14.6 Å². The summed E-state index contributed by atoms with van der Waals surface area (Å²) < 4.78 is 43.3. The predicted octanol–water partition coefficient (Wildman–Crippen LogP) is 4.90. The fourth-order valence-electron chi connectivity index (χ4n) is 3.38. The number of nitrogens with one attached hydrogen (secondary N) is 2. The summed E-state index contributed by atoms with van der Waals surface area (Å²) in [6, 6.07) is 11.4. The minimum absolute atomic E-state index is 0.125. The van der Waals surface area contributed by atoms with Crippen LogP contribution in [0.2, 0.25) is 0 Å². The normalized spacial score (nSPS) is 11.4. The number of nitrogen functional groups attached to an aromatic ring is 1. The molecule has 4 aromatic rings. The standard InChI is InChI=1S/C22H18F3N6O2/c1-2-13-11-31-19(20(26)27-12-28-31)18(13)14-7-9-15(10-8-14)29-21(32)30-16-5-3-4-6-17(16)33-22(23,24)25/h3-12H,1-2H2,(H2,26,27,28)(H2,29,30,32). The third-order valence-electron chi connectivity index (χ3n) is 4.74. The van der Waals surface area contributed by atoms with E-state index in [1.165, 1.54) is 24.5 Å². The zero-order valence-corrected chi connectivity index (χ0v) is 17.1. The number of amides is 2. The molecule has 0 bridgehead atoms. The molecule has 11 heteroatoms. The molecule has 2 aromatic carbocycles. The number of benzene rings is 2. The van der Waals surface area contributed by atoms with E-state index in [1.807, 2.05) is 6.20 Å². The third kappa shape index (κ3) is 4.81. The second kappa shape index (κ2) is 8.69. The number of ether oxygens (including phenoxy) is 1. The molecule has 4 rings (SSSR count). The summed E-state index contributed by atoms with van der Waals surface area (Å²) in [5.74, 6) is -0.197. The number of fused-ring (bicyclic) bond motifs is 1. The van der Waals surface area contributed by atoms with E-state index in [0.717, 1.165) is 22.8 Å². The SMILES string of the molecule is [CH2]Cc1cn2ncnc(N)c2c1-c1ccc(NC(=O)Nc2ccccc2OC(F)(F)F)cc1. The molecule has 0 saturated heterocycles. The fraction of sp³-hybridized carbons (Fsp3) is 0.0909. The van der Waals surface area contributed by atoms with Crippen molar-refractivity contribution < 1.29 is 22.7 Å². The van der Waals surface area contributed by atoms with E-state index in [4.69, 9.17) is 5.73 Å². The fourth-order valence-corrected chi connectivity index (χ4v) is 3.38. The van der Waals surface area contributed by atoms with Crippen LogP contribution >= 0.6 is 0 Å². The molecule has 0 aliphatic rings. The highest BCUT2D eigenvalue weighted by atomic mass is 19.4. The number of hydrogen-bond acceptors (Lipinski definition) is 5. The Kier molecular flexibility index (Phi) is 5.78. The number of alkyl halides is 3. The van der Waals surface area contributed by atoms with E-state index in [0.29, 0.717) is 23.4 Å². The number of carbonyl (C=O) groups is 1. The lowest BCUT2D eigenvalue weighted by Crippen LogP contribution is -2.22. The molecule has 33 heavy (non-hydrogen) atoms. The lowest BCUT2D eigenvalue weighted by Gasteiger charge is -2.14. The van der Waals surface area contributed by atoms with Crippen molar-refractivity contribution in [1.29, 1.82) is 0 Å². The van der Waals surface area contributed by atoms with Crippen molar-refractivity contribution in [3.63, 3.8) is 0 Å². The van der Waals surface area contributed by atoms with Gasteiger partial charge in [-0.2, -0.15) is 5.10 Å². The topological polar surface area (TPSA) is 107 Å². The van der Waals surface area contributed by atoms with E-state index >= 15 is 0 Å². The van der Waals surface area contributed by atoms with Gasteiger partial charge in [-0.05, 0) is 48.7 Å². The molecule has 2 heterocycles. The Balaban J connectivity index is 1.53. The van der Waals surface area contributed by atoms with Gasteiger partial charge in [-0.15, -0.1) is 13.2 Å². The van der Waals surface area contributed by atoms with E-state index in [2.05, 4.69) is 32.4 Å². The second-order valence-corrected chi connectivity index (χ2v) is 6.92. The molecule has 0 atom stereocenters. The molecule has 0 unspecified atom stereocenters. The smallest absolute Gasteiger partial charge is 0.404 e. The first kappa shape index (κ1) is 21.9. The van der Waals surface area contributed by atoms with Crippen LogP contribution in [0.25, 0.3) is 16.6 Å². The Morgan fingerprint density at radius 3 is 2.55 bits per heavy atom. The monoisotopic (exact) mass is 455 g/mol. The summed E-state index contributed by atoms with van der Waals surface area (Å²) in [6.45, 7) is 3.94. The average molecular weight is 455 g/mol. The third-order valence-corrected chi connectivity index (χ3v) is 4.74. The molecule has 4 N–H and O–H groups in total. The van der Waals surface area contributed by atoms with Crippen LogP contribution in [-0.4, -0.2) is 27.0 Å². The largest absolute Gasteiger partial charge is 0.573 e. The minimum Gasteiger partial charge on any atom is -0.404 e. The molecule has 0 aliphatic carbocycles. The molecule has 1 radical (unpaired) electrons. The maximum Gasteiger partial charge on any atom is 0.573 e. The molecule has 0 saturated carbocycles. The number of urea groups is 1. The van der Waals surface area contributed by atoms with Gasteiger partial charge in [0.25, 0.3) is 0 Å².